The zero-order chi connectivity index (χ0) is 19.0. The Labute approximate surface area is 160 Å². The molecule has 3 aromatic rings. The minimum atomic E-state index is -0.654. The van der Waals surface area contributed by atoms with E-state index in [-0.39, 0.29) is 16.6 Å². The van der Waals surface area contributed by atoms with Gasteiger partial charge in [0, 0.05) is 23.9 Å². The van der Waals surface area contributed by atoms with Gasteiger partial charge in [-0.2, -0.15) is 0 Å². The van der Waals surface area contributed by atoms with Crippen molar-refractivity contribution in [1.29, 1.82) is 0 Å². The highest BCUT2D eigenvalue weighted by atomic mass is 35.5. The highest BCUT2D eigenvalue weighted by Gasteiger charge is 2.26. The first kappa shape index (κ1) is 17.5. The first-order chi connectivity index (χ1) is 13.0. The van der Waals surface area contributed by atoms with Crippen molar-refractivity contribution in [3.8, 4) is 22.7 Å². The van der Waals surface area contributed by atoms with E-state index >= 15 is 0 Å². The van der Waals surface area contributed by atoms with Crippen LogP contribution >= 0.6 is 11.6 Å². The average molecular weight is 387 g/mol. The lowest BCUT2D eigenvalue weighted by Gasteiger charge is -2.08. The number of aromatic nitrogens is 3. The average Bonchev–Trinajstić information content (AvgIpc) is 3.34. The molecule has 1 aliphatic carbocycles. The van der Waals surface area contributed by atoms with E-state index in [9.17, 15) is 9.18 Å². The van der Waals surface area contributed by atoms with Crippen LogP contribution in [0, 0.1) is 5.82 Å². The molecule has 2 heterocycles. The van der Waals surface area contributed by atoms with Gasteiger partial charge in [0.2, 0.25) is 0 Å². The lowest BCUT2D eigenvalue weighted by atomic mass is 10.1. The summed E-state index contributed by atoms with van der Waals surface area (Å²) in [7, 11) is 1.56. The normalized spacial score (nSPS) is 13.4. The number of carbonyl (C=O) groups is 1. The molecule has 2 aromatic heterocycles. The predicted molar refractivity (Wildman–Crippen MR) is 98.8 cm³/mol. The number of nitrogens with one attached hydrogen (secondary N) is 1. The second-order valence-corrected chi connectivity index (χ2v) is 6.72. The summed E-state index contributed by atoms with van der Waals surface area (Å²) in [5.74, 6) is -0.482. The van der Waals surface area contributed by atoms with Crippen molar-refractivity contribution in [2.75, 3.05) is 7.11 Å². The van der Waals surface area contributed by atoms with Crippen LogP contribution in [0.25, 0.3) is 16.9 Å². The van der Waals surface area contributed by atoms with E-state index in [1.807, 2.05) is 0 Å². The standard InChI is InChI=1S/C19H16ClFN4O2/c1-27-13-4-12(7-22-8-13)25-9-18(23-10-25)14-5-15(17(21)6-16(14)20)19(26)24-11-2-3-11/h4-11H,2-3H2,1H3,(H,24,26). The summed E-state index contributed by atoms with van der Waals surface area (Å²) in [6.45, 7) is 0. The number of halogens is 2. The third kappa shape index (κ3) is 3.64. The second-order valence-electron chi connectivity index (χ2n) is 6.31. The molecule has 1 amide bonds. The van der Waals surface area contributed by atoms with Gasteiger partial charge in [0.1, 0.15) is 11.6 Å². The van der Waals surface area contributed by atoms with Gasteiger partial charge in [-0.25, -0.2) is 9.37 Å². The molecule has 0 bridgehead atoms. The van der Waals surface area contributed by atoms with E-state index in [1.54, 1.807) is 42.7 Å². The summed E-state index contributed by atoms with van der Waals surface area (Å²) < 4.78 is 21.1. The number of ether oxygens (including phenoxy) is 1. The number of imidazole rings is 1. The summed E-state index contributed by atoms with van der Waals surface area (Å²) in [5, 5.41) is 2.97. The molecule has 1 N–H and O–H groups in total. The van der Waals surface area contributed by atoms with Crippen molar-refractivity contribution >= 4 is 17.5 Å². The van der Waals surface area contributed by atoms with Crippen molar-refractivity contribution in [3.63, 3.8) is 0 Å². The zero-order valence-corrected chi connectivity index (χ0v) is 15.2. The van der Waals surface area contributed by atoms with Gasteiger partial charge in [0.05, 0.1) is 47.8 Å². The predicted octanol–water partition coefficient (Wildman–Crippen LogP) is 3.63. The highest BCUT2D eigenvalue weighted by molar-refractivity contribution is 6.33. The SMILES string of the molecule is COc1cncc(-n2cnc(-c3cc(C(=O)NC4CC4)c(F)cc3Cl)c2)c1. The molecule has 4 rings (SSSR count). The van der Waals surface area contributed by atoms with Gasteiger partial charge < -0.3 is 14.6 Å². The van der Waals surface area contributed by atoms with Crippen LogP contribution in [0.3, 0.4) is 0 Å². The van der Waals surface area contributed by atoms with Crippen molar-refractivity contribution in [2.45, 2.75) is 18.9 Å². The van der Waals surface area contributed by atoms with Crippen LogP contribution in [-0.2, 0) is 0 Å². The topological polar surface area (TPSA) is 69.0 Å². The first-order valence-corrected chi connectivity index (χ1v) is 8.76. The molecule has 1 aliphatic rings. The molecule has 138 valence electrons. The molecule has 1 fully saturated rings. The first-order valence-electron chi connectivity index (χ1n) is 8.39. The van der Waals surface area contributed by atoms with Crippen LogP contribution in [0.5, 0.6) is 5.75 Å². The summed E-state index contributed by atoms with van der Waals surface area (Å²) >= 11 is 6.21. The van der Waals surface area contributed by atoms with Crippen molar-refractivity contribution in [2.24, 2.45) is 0 Å². The fourth-order valence-electron chi connectivity index (χ4n) is 2.67. The van der Waals surface area contributed by atoms with Gasteiger partial charge in [-0.3, -0.25) is 9.78 Å². The van der Waals surface area contributed by atoms with E-state index in [4.69, 9.17) is 16.3 Å². The number of hydrogen-bond acceptors (Lipinski definition) is 4. The smallest absolute Gasteiger partial charge is 0.254 e. The maximum atomic E-state index is 14.2. The number of hydrogen-bond donors (Lipinski definition) is 1. The van der Waals surface area contributed by atoms with Gasteiger partial charge in [0.15, 0.2) is 0 Å². The number of benzene rings is 1. The van der Waals surface area contributed by atoms with Gasteiger partial charge in [-0.15, -0.1) is 0 Å². The molecule has 0 aliphatic heterocycles. The van der Waals surface area contributed by atoms with Crippen molar-refractivity contribution in [3.05, 3.63) is 59.5 Å². The Hall–Kier alpha value is -2.93. The second kappa shape index (κ2) is 7.00. The van der Waals surface area contributed by atoms with Crippen LogP contribution in [-0.4, -0.2) is 33.6 Å². The number of pyridine rings is 1. The summed E-state index contributed by atoms with van der Waals surface area (Å²) in [6, 6.07) is 4.52. The lowest BCUT2D eigenvalue weighted by Crippen LogP contribution is -2.26. The number of methoxy groups -OCH3 is 1. The largest absolute Gasteiger partial charge is 0.495 e. The fourth-order valence-corrected chi connectivity index (χ4v) is 2.92. The monoisotopic (exact) mass is 386 g/mol. The summed E-state index contributed by atoms with van der Waals surface area (Å²) in [5.41, 5.74) is 1.70. The molecule has 8 heteroatoms. The molecule has 1 aromatic carbocycles. The molecule has 6 nitrogen and oxygen atoms in total. The molecule has 0 saturated heterocycles. The Morgan fingerprint density at radius 2 is 2.15 bits per heavy atom. The van der Waals surface area contributed by atoms with Crippen molar-refractivity contribution in [1.82, 2.24) is 19.9 Å². The van der Waals surface area contributed by atoms with Gasteiger partial charge in [-0.1, -0.05) is 11.6 Å². The Bertz CT molecular complexity index is 1020. The third-order valence-corrected chi connectivity index (χ3v) is 4.62. The van der Waals surface area contributed by atoms with Gasteiger partial charge in [-0.05, 0) is 25.0 Å². The fraction of sp³-hybridized carbons (Fsp3) is 0.211. The summed E-state index contributed by atoms with van der Waals surface area (Å²) in [6.07, 6.45) is 8.44. The molecule has 0 atom stereocenters. The number of carbonyl (C=O) groups excluding carboxylic acids is 1. The van der Waals surface area contributed by atoms with Crippen molar-refractivity contribution < 1.29 is 13.9 Å². The minimum Gasteiger partial charge on any atom is -0.495 e. The third-order valence-electron chi connectivity index (χ3n) is 4.31. The maximum absolute atomic E-state index is 14.2. The molecule has 0 spiro atoms. The lowest BCUT2D eigenvalue weighted by molar-refractivity contribution is 0.0947. The maximum Gasteiger partial charge on any atom is 0.254 e. The minimum absolute atomic E-state index is 0.0427. The number of amides is 1. The van der Waals surface area contributed by atoms with E-state index in [2.05, 4.69) is 15.3 Å². The number of nitrogens with zero attached hydrogens (tertiary/aromatic N) is 3. The van der Waals surface area contributed by atoms with Crippen LogP contribution in [0.1, 0.15) is 23.2 Å². The van der Waals surface area contributed by atoms with Gasteiger partial charge >= 0.3 is 0 Å². The Morgan fingerprint density at radius 3 is 2.89 bits per heavy atom. The molecular weight excluding hydrogens is 371 g/mol. The van der Waals surface area contributed by atoms with Crippen LogP contribution in [0.2, 0.25) is 5.02 Å². The van der Waals surface area contributed by atoms with Crippen LogP contribution in [0.15, 0.2) is 43.1 Å². The molecule has 0 unspecified atom stereocenters. The molecule has 0 radical (unpaired) electrons. The van der Waals surface area contributed by atoms with E-state index < -0.39 is 11.7 Å². The highest BCUT2D eigenvalue weighted by Crippen LogP contribution is 2.30. The molecular formula is C19H16ClFN4O2. The molecule has 27 heavy (non-hydrogen) atoms. The van der Waals surface area contributed by atoms with Crippen LogP contribution in [0.4, 0.5) is 4.39 Å². The van der Waals surface area contributed by atoms with E-state index in [0.717, 1.165) is 24.6 Å². The Kier molecular flexibility index (Phi) is 4.53. The van der Waals surface area contributed by atoms with E-state index in [1.165, 1.54) is 6.07 Å². The van der Waals surface area contributed by atoms with Gasteiger partial charge in [0.25, 0.3) is 5.91 Å². The Morgan fingerprint density at radius 1 is 1.33 bits per heavy atom. The van der Waals surface area contributed by atoms with Crippen LogP contribution < -0.4 is 10.1 Å². The zero-order valence-electron chi connectivity index (χ0n) is 14.4. The molecule has 1 saturated carbocycles. The quantitative estimate of drug-likeness (QED) is 0.727. The van der Waals surface area contributed by atoms with E-state index in [0.29, 0.717) is 17.0 Å². The Balaban J connectivity index is 1.68. The number of rotatable bonds is 5. The summed E-state index contributed by atoms with van der Waals surface area (Å²) in [4.78, 5) is 20.7.